The first-order valence-electron chi connectivity index (χ1n) is 5.96. The summed E-state index contributed by atoms with van der Waals surface area (Å²) in [7, 11) is 0. The molecule has 0 heterocycles. The molecule has 1 amide bonds. The zero-order valence-electron chi connectivity index (χ0n) is 10.5. The Morgan fingerprint density at radius 3 is 2.60 bits per heavy atom. The zero-order valence-corrected chi connectivity index (χ0v) is 13.4. The van der Waals surface area contributed by atoms with Crippen LogP contribution in [0.15, 0.2) is 53.6 Å². The Balaban J connectivity index is 1.89. The number of carbonyl (C=O) groups excluding carboxylic acids is 1. The van der Waals surface area contributed by atoms with Crippen LogP contribution >= 0.6 is 34.2 Å². The first-order chi connectivity index (χ1) is 9.65. The van der Waals surface area contributed by atoms with Gasteiger partial charge >= 0.3 is 0 Å². The number of benzene rings is 2. The van der Waals surface area contributed by atoms with Crippen molar-refractivity contribution in [3.05, 3.63) is 68.3 Å². The number of nitrogens with zero attached hydrogens (tertiary/aromatic N) is 1. The number of halogens is 2. The van der Waals surface area contributed by atoms with E-state index in [0.29, 0.717) is 5.02 Å². The summed E-state index contributed by atoms with van der Waals surface area (Å²) in [4.78, 5) is 11.7. The van der Waals surface area contributed by atoms with E-state index in [1.807, 2.05) is 36.4 Å². The summed E-state index contributed by atoms with van der Waals surface area (Å²) in [5, 5.41) is 4.62. The van der Waals surface area contributed by atoms with Crippen molar-refractivity contribution < 1.29 is 4.79 Å². The number of hydrogen-bond acceptors (Lipinski definition) is 2. The predicted octanol–water partition coefficient (Wildman–Crippen LogP) is 3.64. The number of carbonyl (C=O) groups is 1. The van der Waals surface area contributed by atoms with Crippen LogP contribution in [0.5, 0.6) is 0 Å². The van der Waals surface area contributed by atoms with Crippen LogP contribution in [0, 0.1) is 3.57 Å². The van der Waals surface area contributed by atoms with Crippen LogP contribution in [-0.2, 0) is 11.2 Å². The molecule has 2 aromatic carbocycles. The highest BCUT2D eigenvalue weighted by molar-refractivity contribution is 14.1. The molecule has 0 aliphatic heterocycles. The average Bonchev–Trinajstić information content (AvgIpc) is 2.43. The fraction of sp³-hybridized carbons (Fsp3) is 0.0667. The molecular formula is C15H12ClIN2O. The van der Waals surface area contributed by atoms with Gasteiger partial charge in [-0.3, -0.25) is 4.79 Å². The molecular weight excluding hydrogens is 387 g/mol. The fourth-order valence-corrected chi connectivity index (χ4v) is 2.23. The first-order valence-corrected chi connectivity index (χ1v) is 7.42. The van der Waals surface area contributed by atoms with Crippen LogP contribution in [0.1, 0.15) is 11.1 Å². The minimum Gasteiger partial charge on any atom is -0.273 e. The second-order valence-electron chi connectivity index (χ2n) is 4.12. The molecule has 0 radical (unpaired) electrons. The minimum atomic E-state index is -0.158. The van der Waals surface area contributed by atoms with Gasteiger partial charge in [0.15, 0.2) is 0 Å². The number of rotatable bonds is 4. The smallest absolute Gasteiger partial charge is 0.244 e. The van der Waals surface area contributed by atoms with Crippen molar-refractivity contribution in [3.8, 4) is 0 Å². The number of amides is 1. The van der Waals surface area contributed by atoms with Crippen molar-refractivity contribution in [2.24, 2.45) is 5.10 Å². The van der Waals surface area contributed by atoms with E-state index in [2.05, 4.69) is 33.1 Å². The number of hydrazone groups is 1. The molecule has 0 atom stereocenters. The Kier molecular flexibility index (Phi) is 5.55. The minimum absolute atomic E-state index is 0.158. The molecule has 0 unspecified atom stereocenters. The molecule has 0 fully saturated rings. The highest BCUT2D eigenvalue weighted by Crippen LogP contribution is 2.10. The van der Waals surface area contributed by atoms with Crippen LogP contribution in [-0.4, -0.2) is 12.1 Å². The zero-order chi connectivity index (χ0) is 14.4. The molecule has 0 saturated carbocycles. The lowest BCUT2D eigenvalue weighted by molar-refractivity contribution is -0.120. The van der Waals surface area contributed by atoms with Crippen molar-refractivity contribution in [3.63, 3.8) is 0 Å². The van der Waals surface area contributed by atoms with Gasteiger partial charge in [-0.15, -0.1) is 0 Å². The Morgan fingerprint density at radius 1 is 1.20 bits per heavy atom. The van der Waals surface area contributed by atoms with Crippen LogP contribution in [0.25, 0.3) is 0 Å². The van der Waals surface area contributed by atoms with E-state index in [1.165, 1.54) is 0 Å². The number of nitrogens with one attached hydrogen (secondary N) is 1. The van der Waals surface area contributed by atoms with E-state index in [-0.39, 0.29) is 12.3 Å². The Morgan fingerprint density at radius 2 is 1.90 bits per heavy atom. The summed E-state index contributed by atoms with van der Waals surface area (Å²) in [6, 6.07) is 15.0. The van der Waals surface area contributed by atoms with Gasteiger partial charge in [0.05, 0.1) is 12.6 Å². The Hall–Kier alpha value is -1.40. The van der Waals surface area contributed by atoms with Gasteiger partial charge in [0.2, 0.25) is 5.91 Å². The highest BCUT2D eigenvalue weighted by Gasteiger charge is 2.02. The van der Waals surface area contributed by atoms with Crippen molar-refractivity contribution in [1.82, 2.24) is 5.43 Å². The largest absolute Gasteiger partial charge is 0.273 e. The summed E-state index contributed by atoms with van der Waals surface area (Å²) in [6.07, 6.45) is 1.92. The highest BCUT2D eigenvalue weighted by atomic mass is 127. The van der Waals surface area contributed by atoms with Gasteiger partial charge in [0.25, 0.3) is 0 Å². The third kappa shape index (κ3) is 4.61. The molecule has 0 aliphatic carbocycles. The second kappa shape index (κ2) is 7.40. The van der Waals surface area contributed by atoms with E-state index < -0.39 is 0 Å². The van der Waals surface area contributed by atoms with Gasteiger partial charge in [-0.25, -0.2) is 5.43 Å². The molecule has 5 heteroatoms. The van der Waals surface area contributed by atoms with Crippen molar-refractivity contribution in [1.29, 1.82) is 0 Å². The van der Waals surface area contributed by atoms with Crippen molar-refractivity contribution >= 4 is 46.3 Å². The van der Waals surface area contributed by atoms with E-state index in [0.717, 1.165) is 14.7 Å². The van der Waals surface area contributed by atoms with E-state index >= 15 is 0 Å². The molecule has 0 spiro atoms. The van der Waals surface area contributed by atoms with Gasteiger partial charge in [-0.1, -0.05) is 41.9 Å². The summed E-state index contributed by atoms with van der Waals surface area (Å²) in [5.74, 6) is -0.158. The molecule has 20 heavy (non-hydrogen) atoms. The molecule has 0 bridgehead atoms. The summed E-state index contributed by atoms with van der Waals surface area (Å²) >= 11 is 8.01. The SMILES string of the molecule is O=C(Cc1ccc(Cl)cc1)N/N=C\c1ccccc1I. The third-order valence-corrected chi connectivity index (χ3v) is 3.81. The van der Waals surface area contributed by atoms with Gasteiger partial charge in [0, 0.05) is 14.2 Å². The van der Waals surface area contributed by atoms with Crippen LogP contribution < -0.4 is 5.43 Å². The third-order valence-electron chi connectivity index (χ3n) is 2.58. The van der Waals surface area contributed by atoms with Crippen LogP contribution in [0.4, 0.5) is 0 Å². The van der Waals surface area contributed by atoms with Crippen LogP contribution in [0.2, 0.25) is 5.02 Å². The molecule has 1 N–H and O–H groups in total. The first kappa shape index (κ1) is 15.0. The molecule has 0 aliphatic rings. The summed E-state index contributed by atoms with van der Waals surface area (Å²) in [6.45, 7) is 0. The molecule has 0 aromatic heterocycles. The molecule has 2 aromatic rings. The predicted molar refractivity (Wildman–Crippen MR) is 90.1 cm³/mol. The van der Waals surface area contributed by atoms with Gasteiger partial charge in [-0.05, 0) is 46.4 Å². The average molecular weight is 399 g/mol. The normalized spacial score (nSPS) is 10.7. The topological polar surface area (TPSA) is 41.5 Å². The standard InChI is InChI=1S/C15H12ClIN2O/c16-13-7-5-11(6-8-13)9-15(20)19-18-10-12-3-1-2-4-14(12)17/h1-8,10H,9H2,(H,19,20)/b18-10-. The maximum atomic E-state index is 11.7. The molecule has 3 nitrogen and oxygen atoms in total. The fourth-order valence-electron chi connectivity index (χ4n) is 1.58. The summed E-state index contributed by atoms with van der Waals surface area (Å²) in [5.41, 5.74) is 4.39. The molecule has 102 valence electrons. The van der Waals surface area contributed by atoms with E-state index in [4.69, 9.17) is 11.6 Å². The summed E-state index contributed by atoms with van der Waals surface area (Å²) < 4.78 is 1.08. The lowest BCUT2D eigenvalue weighted by Crippen LogP contribution is -2.19. The number of hydrogen-bond donors (Lipinski definition) is 1. The van der Waals surface area contributed by atoms with Gasteiger partial charge < -0.3 is 0 Å². The second-order valence-corrected chi connectivity index (χ2v) is 5.72. The lowest BCUT2D eigenvalue weighted by Gasteiger charge is -2.01. The maximum absolute atomic E-state index is 11.7. The van der Waals surface area contributed by atoms with E-state index in [1.54, 1.807) is 18.3 Å². The van der Waals surface area contributed by atoms with Gasteiger partial charge in [-0.2, -0.15) is 5.10 Å². The maximum Gasteiger partial charge on any atom is 0.244 e. The monoisotopic (exact) mass is 398 g/mol. The Labute approximate surface area is 136 Å². The van der Waals surface area contributed by atoms with Crippen molar-refractivity contribution in [2.75, 3.05) is 0 Å². The lowest BCUT2D eigenvalue weighted by atomic mass is 10.1. The van der Waals surface area contributed by atoms with Crippen LogP contribution in [0.3, 0.4) is 0 Å². The van der Waals surface area contributed by atoms with Crippen molar-refractivity contribution in [2.45, 2.75) is 6.42 Å². The Bertz CT molecular complexity index is 626. The molecule has 2 rings (SSSR count). The molecule has 0 saturated heterocycles. The quantitative estimate of drug-likeness (QED) is 0.477. The van der Waals surface area contributed by atoms with Gasteiger partial charge in [0.1, 0.15) is 0 Å². The van der Waals surface area contributed by atoms with E-state index in [9.17, 15) is 4.79 Å².